The molecule has 0 bridgehead atoms. The van der Waals surface area contributed by atoms with E-state index in [9.17, 15) is 10.2 Å². The van der Waals surface area contributed by atoms with Gasteiger partial charge in [0.2, 0.25) is 0 Å². The van der Waals surface area contributed by atoms with Gasteiger partial charge in [0, 0.05) is 20.5 Å². The maximum Gasteiger partial charge on any atom is 0.112 e. The first-order chi connectivity index (χ1) is 11.5. The molecule has 2 N–H and O–H groups in total. The number of benzene rings is 1. The van der Waals surface area contributed by atoms with Crippen molar-refractivity contribution in [1.29, 1.82) is 0 Å². The summed E-state index contributed by atoms with van der Waals surface area (Å²) in [6.07, 6.45) is -2.42. The van der Waals surface area contributed by atoms with Gasteiger partial charge in [-0.2, -0.15) is 0 Å². The van der Waals surface area contributed by atoms with Crippen molar-refractivity contribution in [3.63, 3.8) is 0 Å². The first-order valence-corrected chi connectivity index (χ1v) is 8.38. The van der Waals surface area contributed by atoms with Crippen LogP contribution < -0.4 is 0 Å². The molecule has 0 amide bonds. The van der Waals surface area contributed by atoms with Crippen LogP contribution in [0.25, 0.3) is 0 Å². The summed E-state index contributed by atoms with van der Waals surface area (Å²) in [7, 11) is 3.84. The average molecular weight is 334 g/mol. The summed E-state index contributed by atoms with van der Waals surface area (Å²) in [5, 5.41) is 20.9. The molecule has 1 unspecified atom stereocenters. The summed E-state index contributed by atoms with van der Waals surface area (Å²) in [5.41, 5.74) is 1.06. The minimum absolute atomic E-state index is 0.214. The Hall–Kier alpha value is -1.47. The summed E-state index contributed by atoms with van der Waals surface area (Å²) < 4.78 is 11.9. The minimum atomic E-state index is -1.01. The molecule has 0 radical (unpaired) electrons. The van der Waals surface area contributed by atoms with Crippen molar-refractivity contribution >= 4 is 5.84 Å². The zero-order valence-electron chi connectivity index (χ0n) is 14.4. The Bertz CT molecular complexity index is 578. The number of nitrogens with zero attached hydrogens (tertiary/aromatic N) is 2. The Morgan fingerprint density at radius 2 is 1.96 bits per heavy atom. The van der Waals surface area contributed by atoms with E-state index >= 15 is 0 Å². The smallest absolute Gasteiger partial charge is 0.112 e. The predicted molar refractivity (Wildman–Crippen MR) is 90.9 cm³/mol. The van der Waals surface area contributed by atoms with Crippen LogP contribution in [0.4, 0.5) is 0 Å². The Kier molecular flexibility index (Phi) is 5.20. The number of aliphatic imine (C=N–C) groups is 1. The zero-order valence-corrected chi connectivity index (χ0v) is 14.4. The fourth-order valence-corrected chi connectivity index (χ4v) is 3.30. The summed E-state index contributed by atoms with van der Waals surface area (Å²) in [6, 6.07) is 9.45. The molecule has 0 aliphatic carbocycles. The van der Waals surface area contributed by atoms with E-state index in [1.54, 1.807) is 0 Å². The molecule has 0 aromatic heterocycles. The minimum Gasteiger partial charge on any atom is -0.388 e. The Balaban J connectivity index is 1.63. The molecule has 1 aromatic rings. The molecule has 24 heavy (non-hydrogen) atoms. The number of hydrogen-bond donors (Lipinski definition) is 2. The van der Waals surface area contributed by atoms with Crippen molar-refractivity contribution in [3.8, 4) is 0 Å². The number of aliphatic hydroxyl groups excluding tert-OH is 2. The van der Waals surface area contributed by atoms with Crippen LogP contribution in [0.2, 0.25) is 0 Å². The SMILES string of the molecule is C[C@H](OCc1ccccc1)C1O[C@@H]2CC(N(C)C)=N[C@@H]2[C@@H](O)[C@@H]1O. The Morgan fingerprint density at radius 1 is 1.25 bits per heavy atom. The monoisotopic (exact) mass is 334 g/mol. The lowest BCUT2D eigenvalue weighted by Gasteiger charge is -2.41. The highest BCUT2D eigenvalue weighted by molar-refractivity contribution is 5.84. The van der Waals surface area contributed by atoms with E-state index in [1.807, 2.05) is 56.3 Å². The van der Waals surface area contributed by atoms with Gasteiger partial charge in [-0.1, -0.05) is 30.3 Å². The normalized spacial score (nSPS) is 33.7. The summed E-state index contributed by atoms with van der Waals surface area (Å²) >= 11 is 0. The zero-order chi connectivity index (χ0) is 17.3. The number of fused-ring (bicyclic) bond motifs is 1. The second-order valence-electron chi connectivity index (χ2n) is 6.76. The molecule has 6 nitrogen and oxygen atoms in total. The van der Waals surface area contributed by atoms with Crippen LogP contribution in [0.3, 0.4) is 0 Å². The van der Waals surface area contributed by atoms with Crippen LogP contribution in [-0.2, 0) is 16.1 Å². The molecule has 2 aliphatic rings. The number of rotatable bonds is 4. The van der Waals surface area contributed by atoms with Crippen molar-refractivity contribution in [2.24, 2.45) is 4.99 Å². The molecule has 132 valence electrons. The van der Waals surface area contributed by atoms with Crippen LogP contribution in [0.15, 0.2) is 35.3 Å². The van der Waals surface area contributed by atoms with Crippen molar-refractivity contribution in [2.75, 3.05) is 14.1 Å². The third kappa shape index (κ3) is 3.47. The third-order valence-electron chi connectivity index (χ3n) is 4.77. The maximum absolute atomic E-state index is 10.4. The van der Waals surface area contributed by atoms with Gasteiger partial charge in [0.1, 0.15) is 30.2 Å². The van der Waals surface area contributed by atoms with Gasteiger partial charge in [0.25, 0.3) is 0 Å². The molecule has 6 heteroatoms. The number of hydrogen-bond acceptors (Lipinski definition) is 6. The van der Waals surface area contributed by atoms with Gasteiger partial charge in [0.15, 0.2) is 0 Å². The van der Waals surface area contributed by atoms with Crippen LogP contribution in [0.1, 0.15) is 18.9 Å². The molecule has 1 fully saturated rings. The van der Waals surface area contributed by atoms with Crippen molar-refractivity contribution in [1.82, 2.24) is 4.90 Å². The Morgan fingerprint density at radius 3 is 2.62 bits per heavy atom. The molecule has 2 heterocycles. The van der Waals surface area contributed by atoms with E-state index in [0.717, 1.165) is 11.4 Å². The van der Waals surface area contributed by atoms with Crippen molar-refractivity contribution in [3.05, 3.63) is 35.9 Å². The van der Waals surface area contributed by atoms with Crippen LogP contribution in [0, 0.1) is 0 Å². The van der Waals surface area contributed by atoms with Crippen LogP contribution >= 0.6 is 0 Å². The predicted octanol–water partition coefficient (Wildman–Crippen LogP) is 0.813. The van der Waals surface area contributed by atoms with Gasteiger partial charge in [-0.3, -0.25) is 4.99 Å². The number of aliphatic hydroxyl groups is 2. The first kappa shape index (κ1) is 17.4. The highest BCUT2D eigenvalue weighted by Gasteiger charge is 2.49. The van der Waals surface area contributed by atoms with Crippen LogP contribution in [-0.4, -0.2) is 71.6 Å². The van der Waals surface area contributed by atoms with Gasteiger partial charge in [-0.05, 0) is 12.5 Å². The van der Waals surface area contributed by atoms with Crippen LogP contribution in [0.5, 0.6) is 0 Å². The van der Waals surface area contributed by atoms with Gasteiger partial charge >= 0.3 is 0 Å². The highest BCUT2D eigenvalue weighted by Crippen LogP contribution is 2.32. The lowest BCUT2D eigenvalue weighted by atomic mass is 9.91. The maximum atomic E-state index is 10.4. The molecular weight excluding hydrogens is 308 g/mol. The Labute approximate surface area is 142 Å². The second-order valence-corrected chi connectivity index (χ2v) is 6.76. The molecule has 0 saturated carbocycles. The quantitative estimate of drug-likeness (QED) is 0.852. The fraction of sp³-hybridized carbons (Fsp3) is 0.611. The van der Waals surface area contributed by atoms with E-state index < -0.39 is 24.4 Å². The lowest BCUT2D eigenvalue weighted by Crippen LogP contribution is -2.58. The fourth-order valence-electron chi connectivity index (χ4n) is 3.30. The first-order valence-electron chi connectivity index (χ1n) is 8.38. The standard InChI is InChI=1S/C18H26N2O4/c1-11(23-10-12-7-5-4-6-8-12)18-17(22)16(21)15-13(24-18)9-14(19-15)20(2)3/h4-8,11,13,15-18,21-22H,9-10H2,1-3H3/t11-,13+,15-,16+,17-,18?/m0/s1. The topological polar surface area (TPSA) is 74.5 Å². The summed E-state index contributed by atoms with van der Waals surface area (Å²) in [6.45, 7) is 2.31. The second kappa shape index (κ2) is 7.19. The molecule has 3 rings (SSSR count). The summed E-state index contributed by atoms with van der Waals surface area (Å²) in [4.78, 5) is 6.42. The van der Waals surface area contributed by atoms with E-state index in [0.29, 0.717) is 13.0 Å². The molecule has 0 spiro atoms. The highest BCUT2D eigenvalue weighted by atomic mass is 16.6. The van der Waals surface area contributed by atoms with Crippen molar-refractivity contribution in [2.45, 2.75) is 56.5 Å². The molecule has 1 saturated heterocycles. The number of amidine groups is 1. The van der Waals surface area contributed by atoms with E-state index in [4.69, 9.17) is 9.47 Å². The lowest BCUT2D eigenvalue weighted by molar-refractivity contribution is -0.209. The van der Waals surface area contributed by atoms with E-state index in [-0.39, 0.29) is 12.2 Å². The molecular formula is C18H26N2O4. The van der Waals surface area contributed by atoms with Gasteiger partial charge < -0.3 is 24.6 Å². The van der Waals surface area contributed by atoms with E-state index in [2.05, 4.69) is 4.99 Å². The largest absolute Gasteiger partial charge is 0.388 e. The molecule has 1 aromatic carbocycles. The molecule has 2 aliphatic heterocycles. The number of ether oxygens (including phenoxy) is 2. The van der Waals surface area contributed by atoms with E-state index in [1.165, 1.54) is 0 Å². The van der Waals surface area contributed by atoms with Gasteiger partial charge in [0.05, 0.1) is 18.8 Å². The third-order valence-corrected chi connectivity index (χ3v) is 4.77. The summed E-state index contributed by atoms with van der Waals surface area (Å²) in [5.74, 6) is 0.884. The van der Waals surface area contributed by atoms with Crippen molar-refractivity contribution < 1.29 is 19.7 Å². The average Bonchev–Trinajstić information content (AvgIpc) is 3.01. The van der Waals surface area contributed by atoms with Gasteiger partial charge in [-0.25, -0.2) is 0 Å². The van der Waals surface area contributed by atoms with Gasteiger partial charge in [-0.15, -0.1) is 0 Å². The molecule has 6 atom stereocenters.